The van der Waals surface area contributed by atoms with Crippen molar-refractivity contribution in [1.82, 2.24) is 0 Å². The maximum absolute atomic E-state index is 5.92. The number of rotatable bonds is 5. The molecule has 0 aromatic carbocycles. The number of unbranched alkanes of at least 4 members (excludes halogenated alkanes) is 2. The standard InChI is InChI=1S/C13H26O/c1-2-3-9-12-14-13-10-7-5-4-6-8-11-13/h13H,2-12H2,1H3. The third-order valence-corrected chi connectivity index (χ3v) is 3.15. The molecule has 1 nitrogen and oxygen atoms in total. The van der Waals surface area contributed by atoms with Gasteiger partial charge in [0, 0.05) is 6.61 Å². The highest BCUT2D eigenvalue weighted by molar-refractivity contribution is 4.63. The lowest BCUT2D eigenvalue weighted by molar-refractivity contribution is 0.0334. The second-order valence-electron chi connectivity index (χ2n) is 4.55. The van der Waals surface area contributed by atoms with Gasteiger partial charge < -0.3 is 4.74 Å². The molecule has 14 heavy (non-hydrogen) atoms. The van der Waals surface area contributed by atoms with Gasteiger partial charge in [-0.15, -0.1) is 0 Å². The van der Waals surface area contributed by atoms with Crippen LogP contribution in [0.4, 0.5) is 0 Å². The van der Waals surface area contributed by atoms with Crippen LogP contribution in [0, 0.1) is 0 Å². The fourth-order valence-corrected chi connectivity index (χ4v) is 2.19. The lowest BCUT2D eigenvalue weighted by atomic mass is 9.98. The molecular weight excluding hydrogens is 172 g/mol. The van der Waals surface area contributed by atoms with E-state index < -0.39 is 0 Å². The van der Waals surface area contributed by atoms with Crippen LogP contribution in [0.1, 0.15) is 71.1 Å². The first-order chi connectivity index (χ1) is 6.93. The van der Waals surface area contributed by atoms with Crippen molar-refractivity contribution in [2.45, 2.75) is 77.2 Å². The lowest BCUT2D eigenvalue weighted by Crippen LogP contribution is -2.15. The van der Waals surface area contributed by atoms with Crippen molar-refractivity contribution in [3.63, 3.8) is 0 Å². The quantitative estimate of drug-likeness (QED) is 0.598. The maximum atomic E-state index is 5.92. The van der Waals surface area contributed by atoms with Crippen LogP contribution in [0.3, 0.4) is 0 Å². The Kier molecular flexibility index (Phi) is 7.12. The molecule has 0 aromatic rings. The van der Waals surface area contributed by atoms with Crippen LogP contribution >= 0.6 is 0 Å². The molecule has 1 aliphatic rings. The van der Waals surface area contributed by atoms with Gasteiger partial charge >= 0.3 is 0 Å². The summed E-state index contributed by atoms with van der Waals surface area (Å²) in [5.74, 6) is 0. The van der Waals surface area contributed by atoms with Crippen LogP contribution in [0.15, 0.2) is 0 Å². The van der Waals surface area contributed by atoms with Gasteiger partial charge in [0.05, 0.1) is 6.10 Å². The molecule has 0 amide bonds. The molecule has 0 aromatic heterocycles. The van der Waals surface area contributed by atoms with Gasteiger partial charge in [0.1, 0.15) is 0 Å². The van der Waals surface area contributed by atoms with Crippen molar-refractivity contribution in [3.05, 3.63) is 0 Å². The van der Waals surface area contributed by atoms with Crippen molar-refractivity contribution in [2.75, 3.05) is 6.61 Å². The molecule has 1 heteroatoms. The molecule has 0 bridgehead atoms. The summed E-state index contributed by atoms with van der Waals surface area (Å²) in [6, 6.07) is 0. The fourth-order valence-electron chi connectivity index (χ4n) is 2.19. The van der Waals surface area contributed by atoms with Crippen LogP contribution in [-0.2, 0) is 4.74 Å². The number of hydrogen-bond acceptors (Lipinski definition) is 1. The summed E-state index contributed by atoms with van der Waals surface area (Å²) in [5.41, 5.74) is 0. The third kappa shape index (κ3) is 5.64. The summed E-state index contributed by atoms with van der Waals surface area (Å²) in [5, 5.41) is 0. The Bertz CT molecular complexity index is 114. The SMILES string of the molecule is CCCCCOC1CCCCCCC1. The highest BCUT2D eigenvalue weighted by Crippen LogP contribution is 2.19. The van der Waals surface area contributed by atoms with Gasteiger partial charge in [0.15, 0.2) is 0 Å². The molecule has 1 rings (SSSR count). The first-order valence-electron chi connectivity index (χ1n) is 6.55. The van der Waals surface area contributed by atoms with Gasteiger partial charge in [0.25, 0.3) is 0 Å². The Morgan fingerprint density at radius 3 is 2.21 bits per heavy atom. The first-order valence-corrected chi connectivity index (χ1v) is 6.55. The Hall–Kier alpha value is -0.0400. The number of ether oxygens (including phenoxy) is 1. The summed E-state index contributed by atoms with van der Waals surface area (Å²) in [4.78, 5) is 0. The van der Waals surface area contributed by atoms with E-state index in [0.717, 1.165) is 6.61 Å². The average molecular weight is 198 g/mol. The summed E-state index contributed by atoms with van der Waals surface area (Å²) < 4.78 is 5.92. The van der Waals surface area contributed by atoms with E-state index in [1.54, 1.807) is 0 Å². The zero-order chi connectivity index (χ0) is 10.1. The monoisotopic (exact) mass is 198 g/mol. The largest absolute Gasteiger partial charge is 0.378 e. The van der Waals surface area contributed by atoms with E-state index in [1.165, 1.54) is 64.2 Å². The zero-order valence-electron chi connectivity index (χ0n) is 9.76. The Labute approximate surface area is 89.2 Å². The number of hydrogen-bond donors (Lipinski definition) is 0. The van der Waals surface area contributed by atoms with E-state index in [0.29, 0.717) is 6.10 Å². The molecular formula is C13H26O. The van der Waals surface area contributed by atoms with E-state index in [4.69, 9.17) is 4.74 Å². The second-order valence-corrected chi connectivity index (χ2v) is 4.55. The van der Waals surface area contributed by atoms with E-state index in [-0.39, 0.29) is 0 Å². The molecule has 84 valence electrons. The van der Waals surface area contributed by atoms with Gasteiger partial charge in [-0.05, 0) is 19.3 Å². The summed E-state index contributed by atoms with van der Waals surface area (Å²) in [6.07, 6.45) is 14.2. The van der Waals surface area contributed by atoms with Crippen LogP contribution in [0.25, 0.3) is 0 Å². The Morgan fingerprint density at radius 1 is 0.929 bits per heavy atom. The van der Waals surface area contributed by atoms with Gasteiger partial charge in [-0.2, -0.15) is 0 Å². The molecule has 0 N–H and O–H groups in total. The van der Waals surface area contributed by atoms with Crippen molar-refractivity contribution in [3.8, 4) is 0 Å². The molecule has 0 heterocycles. The van der Waals surface area contributed by atoms with Crippen LogP contribution in [0.2, 0.25) is 0 Å². The summed E-state index contributed by atoms with van der Waals surface area (Å²) >= 11 is 0. The minimum atomic E-state index is 0.590. The smallest absolute Gasteiger partial charge is 0.0575 e. The van der Waals surface area contributed by atoms with Gasteiger partial charge in [-0.25, -0.2) is 0 Å². The first kappa shape index (κ1) is 12.0. The molecule has 1 saturated carbocycles. The van der Waals surface area contributed by atoms with E-state index >= 15 is 0 Å². The third-order valence-electron chi connectivity index (χ3n) is 3.15. The minimum Gasteiger partial charge on any atom is -0.378 e. The maximum Gasteiger partial charge on any atom is 0.0575 e. The van der Waals surface area contributed by atoms with Crippen molar-refractivity contribution in [1.29, 1.82) is 0 Å². The predicted molar refractivity (Wildman–Crippen MR) is 61.6 cm³/mol. The van der Waals surface area contributed by atoms with Crippen LogP contribution in [-0.4, -0.2) is 12.7 Å². The van der Waals surface area contributed by atoms with Crippen molar-refractivity contribution in [2.24, 2.45) is 0 Å². The molecule has 0 unspecified atom stereocenters. The Morgan fingerprint density at radius 2 is 1.57 bits per heavy atom. The highest BCUT2D eigenvalue weighted by Gasteiger charge is 2.10. The normalized spacial score (nSPS) is 20.4. The molecule has 0 aliphatic heterocycles. The minimum absolute atomic E-state index is 0.590. The van der Waals surface area contributed by atoms with E-state index in [1.807, 2.05) is 0 Å². The lowest BCUT2D eigenvalue weighted by Gasteiger charge is -2.20. The highest BCUT2D eigenvalue weighted by atomic mass is 16.5. The van der Waals surface area contributed by atoms with Gasteiger partial charge in [-0.1, -0.05) is 51.9 Å². The van der Waals surface area contributed by atoms with E-state index in [2.05, 4.69) is 6.92 Å². The van der Waals surface area contributed by atoms with Crippen LogP contribution in [0.5, 0.6) is 0 Å². The van der Waals surface area contributed by atoms with Crippen LogP contribution < -0.4 is 0 Å². The summed E-state index contributed by atoms with van der Waals surface area (Å²) in [6.45, 7) is 3.24. The molecule has 1 aliphatic carbocycles. The van der Waals surface area contributed by atoms with Crippen molar-refractivity contribution >= 4 is 0 Å². The Balaban J connectivity index is 2.02. The molecule has 0 saturated heterocycles. The summed E-state index contributed by atoms with van der Waals surface area (Å²) in [7, 11) is 0. The van der Waals surface area contributed by atoms with E-state index in [9.17, 15) is 0 Å². The topological polar surface area (TPSA) is 9.23 Å². The zero-order valence-corrected chi connectivity index (χ0v) is 9.76. The van der Waals surface area contributed by atoms with Crippen molar-refractivity contribution < 1.29 is 4.74 Å². The molecule has 0 radical (unpaired) electrons. The van der Waals surface area contributed by atoms with Gasteiger partial charge in [-0.3, -0.25) is 0 Å². The average Bonchev–Trinajstić information content (AvgIpc) is 2.15. The molecule has 1 fully saturated rings. The molecule has 0 spiro atoms. The molecule has 0 atom stereocenters. The van der Waals surface area contributed by atoms with Gasteiger partial charge in [0.2, 0.25) is 0 Å². The second kappa shape index (κ2) is 8.28. The predicted octanol–water partition coefficient (Wildman–Crippen LogP) is 4.31. The fraction of sp³-hybridized carbons (Fsp3) is 1.00.